The van der Waals surface area contributed by atoms with Gasteiger partial charge in [-0.25, -0.2) is 4.98 Å². The Morgan fingerprint density at radius 2 is 1.67 bits per heavy atom. The number of carbonyl (C=O) groups excluding carboxylic acids is 2. The molecule has 0 spiro atoms. The summed E-state index contributed by atoms with van der Waals surface area (Å²) in [5.74, 6) is -0.00659. The number of amides is 2. The van der Waals surface area contributed by atoms with Crippen molar-refractivity contribution in [2.45, 2.75) is 0 Å². The molecule has 33 heavy (non-hydrogen) atoms. The first kappa shape index (κ1) is 21.7. The van der Waals surface area contributed by atoms with E-state index in [1.807, 2.05) is 41.8 Å². The molecule has 0 aliphatic heterocycles. The molecule has 0 bridgehead atoms. The van der Waals surface area contributed by atoms with Gasteiger partial charge in [-0.3, -0.25) is 14.9 Å². The van der Waals surface area contributed by atoms with Crippen molar-refractivity contribution in [3.8, 4) is 23.1 Å². The zero-order valence-electron chi connectivity index (χ0n) is 17.3. The van der Waals surface area contributed by atoms with E-state index in [9.17, 15) is 9.59 Å². The molecule has 4 rings (SSSR count). The Balaban J connectivity index is 1.31. The van der Waals surface area contributed by atoms with Crippen molar-refractivity contribution in [3.63, 3.8) is 0 Å². The molecule has 0 saturated carbocycles. The highest BCUT2D eigenvalue weighted by Crippen LogP contribution is 2.26. The van der Waals surface area contributed by atoms with Crippen molar-refractivity contribution in [3.05, 3.63) is 95.4 Å². The molecule has 1 aromatic heterocycles. The van der Waals surface area contributed by atoms with Gasteiger partial charge in [-0.1, -0.05) is 30.3 Å². The van der Waals surface area contributed by atoms with Crippen molar-refractivity contribution in [1.29, 1.82) is 5.26 Å². The number of carbonyl (C=O) groups is 2. The summed E-state index contributed by atoms with van der Waals surface area (Å²) < 4.78 is 5.43. The number of rotatable bonds is 7. The Labute approximate surface area is 194 Å². The molecule has 0 aliphatic carbocycles. The standard InChI is InChI=1S/C25H18N4O3S/c26-14-17-6-12-21(13-7-17)32-15-23(30)29-25-28-22(16-33-25)18-8-10-20(11-9-18)27-24(31)19-4-2-1-3-5-19/h1-13,16H,15H2,(H,27,31)(H,28,29,30). The number of aromatic nitrogens is 1. The quantitative estimate of drug-likeness (QED) is 0.411. The molecule has 2 amide bonds. The van der Waals surface area contributed by atoms with Crippen LogP contribution in [0, 0.1) is 11.3 Å². The van der Waals surface area contributed by atoms with Crippen molar-refractivity contribution < 1.29 is 14.3 Å². The van der Waals surface area contributed by atoms with Gasteiger partial charge < -0.3 is 10.1 Å². The predicted molar refractivity (Wildman–Crippen MR) is 127 cm³/mol. The first-order valence-electron chi connectivity index (χ1n) is 9.96. The minimum atomic E-state index is -0.334. The molecule has 0 saturated heterocycles. The smallest absolute Gasteiger partial charge is 0.264 e. The van der Waals surface area contributed by atoms with Crippen LogP contribution >= 0.6 is 11.3 Å². The Morgan fingerprint density at radius 3 is 2.36 bits per heavy atom. The molecule has 8 heteroatoms. The molecular weight excluding hydrogens is 436 g/mol. The van der Waals surface area contributed by atoms with Gasteiger partial charge in [0.05, 0.1) is 17.3 Å². The molecule has 0 aliphatic rings. The number of anilines is 2. The molecule has 7 nitrogen and oxygen atoms in total. The van der Waals surface area contributed by atoms with E-state index < -0.39 is 0 Å². The third-order valence-electron chi connectivity index (χ3n) is 4.58. The van der Waals surface area contributed by atoms with Gasteiger partial charge in [-0.05, 0) is 48.5 Å². The van der Waals surface area contributed by atoms with Gasteiger partial charge in [-0.2, -0.15) is 5.26 Å². The van der Waals surface area contributed by atoms with Crippen molar-refractivity contribution in [2.24, 2.45) is 0 Å². The first-order valence-corrected chi connectivity index (χ1v) is 10.8. The fourth-order valence-electron chi connectivity index (χ4n) is 2.91. The lowest BCUT2D eigenvalue weighted by Gasteiger charge is -2.06. The second kappa shape index (κ2) is 10.2. The maximum atomic E-state index is 12.3. The Bertz CT molecular complexity index is 1290. The fraction of sp³-hybridized carbons (Fsp3) is 0.0400. The van der Waals surface area contributed by atoms with Crippen LogP contribution in [0.1, 0.15) is 15.9 Å². The van der Waals surface area contributed by atoms with E-state index in [4.69, 9.17) is 10.00 Å². The number of hydrogen-bond donors (Lipinski definition) is 2. The highest BCUT2D eigenvalue weighted by molar-refractivity contribution is 7.14. The zero-order chi connectivity index (χ0) is 23.0. The second-order valence-electron chi connectivity index (χ2n) is 6.91. The number of nitrogens with one attached hydrogen (secondary N) is 2. The van der Waals surface area contributed by atoms with E-state index in [1.54, 1.807) is 48.5 Å². The van der Waals surface area contributed by atoms with Crippen LogP contribution < -0.4 is 15.4 Å². The minimum absolute atomic E-state index is 0.170. The van der Waals surface area contributed by atoms with E-state index in [1.165, 1.54) is 11.3 Å². The minimum Gasteiger partial charge on any atom is -0.484 e. The molecule has 3 aromatic carbocycles. The van der Waals surface area contributed by atoms with Gasteiger partial charge in [0.25, 0.3) is 11.8 Å². The predicted octanol–water partition coefficient (Wildman–Crippen LogP) is 4.95. The Kier molecular flexibility index (Phi) is 6.73. The fourth-order valence-corrected chi connectivity index (χ4v) is 3.65. The Morgan fingerprint density at radius 1 is 0.939 bits per heavy atom. The summed E-state index contributed by atoms with van der Waals surface area (Å²) in [6.07, 6.45) is 0. The van der Waals surface area contributed by atoms with Gasteiger partial charge in [0.15, 0.2) is 11.7 Å². The Hall–Kier alpha value is -4.48. The van der Waals surface area contributed by atoms with Crippen LogP contribution in [0.2, 0.25) is 0 Å². The van der Waals surface area contributed by atoms with Gasteiger partial charge in [0, 0.05) is 22.2 Å². The highest BCUT2D eigenvalue weighted by atomic mass is 32.1. The summed E-state index contributed by atoms with van der Waals surface area (Å²) >= 11 is 1.31. The number of hydrogen-bond acceptors (Lipinski definition) is 6. The summed E-state index contributed by atoms with van der Waals surface area (Å²) in [4.78, 5) is 28.9. The molecule has 0 radical (unpaired) electrons. The van der Waals surface area contributed by atoms with E-state index in [0.717, 1.165) is 5.56 Å². The molecule has 0 atom stereocenters. The van der Waals surface area contributed by atoms with Crippen LogP contribution in [0.4, 0.5) is 10.8 Å². The molecule has 1 heterocycles. The van der Waals surface area contributed by atoms with Gasteiger partial charge in [0.2, 0.25) is 0 Å². The number of nitrogens with zero attached hydrogens (tertiary/aromatic N) is 2. The maximum Gasteiger partial charge on any atom is 0.264 e. The lowest BCUT2D eigenvalue weighted by Crippen LogP contribution is -2.20. The number of nitriles is 1. The number of thiazole rings is 1. The van der Waals surface area contributed by atoms with Crippen LogP contribution in [-0.4, -0.2) is 23.4 Å². The molecule has 0 fully saturated rings. The van der Waals surface area contributed by atoms with Gasteiger partial charge >= 0.3 is 0 Å². The summed E-state index contributed by atoms with van der Waals surface area (Å²) in [5, 5.41) is 16.7. The molecule has 4 aromatic rings. The van der Waals surface area contributed by atoms with Gasteiger partial charge in [-0.15, -0.1) is 11.3 Å². The molecule has 0 unspecified atom stereocenters. The number of benzene rings is 3. The summed E-state index contributed by atoms with van der Waals surface area (Å²) in [6, 6.07) is 24.9. The molecular formula is C25H18N4O3S. The lowest BCUT2D eigenvalue weighted by molar-refractivity contribution is -0.118. The summed E-state index contributed by atoms with van der Waals surface area (Å²) in [5.41, 5.74) is 3.36. The average Bonchev–Trinajstić information content (AvgIpc) is 3.32. The van der Waals surface area contributed by atoms with Crippen molar-refractivity contribution in [2.75, 3.05) is 17.2 Å². The number of ether oxygens (including phenoxy) is 1. The normalized spacial score (nSPS) is 10.2. The third kappa shape index (κ3) is 5.81. The van der Waals surface area contributed by atoms with Crippen molar-refractivity contribution >= 4 is 34.0 Å². The van der Waals surface area contributed by atoms with Crippen LogP contribution in [0.5, 0.6) is 5.75 Å². The second-order valence-corrected chi connectivity index (χ2v) is 7.77. The molecule has 2 N–H and O–H groups in total. The van der Waals surface area contributed by atoms with E-state index >= 15 is 0 Å². The van der Waals surface area contributed by atoms with Crippen LogP contribution in [0.15, 0.2) is 84.2 Å². The summed E-state index contributed by atoms with van der Waals surface area (Å²) in [7, 11) is 0. The van der Waals surface area contributed by atoms with Crippen molar-refractivity contribution in [1.82, 2.24) is 4.98 Å². The lowest BCUT2D eigenvalue weighted by atomic mass is 10.1. The largest absolute Gasteiger partial charge is 0.484 e. The maximum absolute atomic E-state index is 12.3. The van der Waals surface area contributed by atoms with Crippen LogP contribution in [0.3, 0.4) is 0 Å². The highest BCUT2D eigenvalue weighted by Gasteiger charge is 2.10. The first-order chi connectivity index (χ1) is 16.1. The summed E-state index contributed by atoms with van der Waals surface area (Å²) in [6.45, 7) is -0.170. The van der Waals surface area contributed by atoms with E-state index in [2.05, 4.69) is 15.6 Å². The van der Waals surface area contributed by atoms with Crippen LogP contribution in [0.25, 0.3) is 11.3 Å². The van der Waals surface area contributed by atoms with Gasteiger partial charge in [0.1, 0.15) is 5.75 Å². The van der Waals surface area contributed by atoms with Crippen LogP contribution in [-0.2, 0) is 4.79 Å². The SMILES string of the molecule is N#Cc1ccc(OCC(=O)Nc2nc(-c3ccc(NC(=O)c4ccccc4)cc3)cs2)cc1. The monoisotopic (exact) mass is 454 g/mol. The average molecular weight is 455 g/mol. The van der Waals surface area contributed by atoms with E-state index in [-0.39, 0.29) is 18.4 Å². The molecule has 162 valence electrons. The zero-order valence-corrected chi connectivity index (χ0v) is 18.1. The topological polar surface area (TPSA) is 104 Å². The van der Waals surface area contributed by atoms with E-state index in [0.29, 0.717) is 33.4 Å². The third-order valence-corrected chi connectivity index (χ3v) is 5.34.